The summed E-state index contributed by atoms with van der Waals surface area (Å²) in [5.74, 6) is 0.897. The van der Waals surface area contributed by atoms with E-state index in [9.17, 15) is 4.79 Å². The lowest BCUT2D eigenvalue weighted by Gasteiger charge is -2.33. The van der Waals surface area contributed by atoms with Crippen LogP contribution in [0.4, 0.5) is 0 Å². The van der Waals surface area contributed by atoms with E-state index in [-0.39, 0.29) is 5.78 Å². The Kier molecular flexibility index (Phi) is 2.04. The molecule has 0 aromatic heterocycles. The fourth-order valence-corrected chi connectivity index (χ4v) is 2.41. The molecule has 2 aliphatic rings. The van der Waals surface area contributed by atoms with Gasteiger partial charge >= 0.3 is 0 Å². The van der Waals surface area contributed by atoms with Gasteiger partial charge in [-0.2, -0.15) is 0 Å². The van der Waals surface area contributed by atoms with Crippen LogP contribution in [-0.2, 0) is 4.74 Å². The predicted octanol–water partition coefficient (Wildman–Crippen LogP) is 2.12. The summed E-state index contributed by atoms with van der Waals surface area (Å²) >= 11 is 0. The summed E-state index contributed by atoms with van der Waals surface area (Å²) in [5.41, 5.74) is 1.43. The first kappa shape index (κ1) is 9.85. The van der Waals surface area contributed by atoms with Gasteiger partial charge < -0.3 is 9.47 Å². The number of carbonyl (C=O) groups is 1. The van der Waals surface area contributed by atoms with E-state index in [0.717, 1.165) is 17.7 Å². The van der Waals surface area contributed by atoms with Crippen molar-refractivity contribution in [3.8, 4) is 5.75 Å². The number of Topliss-reactive ketones (excluding diaryl/α,β-unsaturated/α-hetero) is 1. The van der Waals surface area contributed by atoms with Gasteiger partial charge in [0.15, 0.2) is 5.78 Å². The highest BCUT2D eigenvalue weighted by Gasteiger charge is 2.43. The summed E-state index contributed by atoms with van der Waals surface area (Å²) in [7, 11) is 0. The zero-order valence-electron chi connectivity index (χ0n) is 9.29. The van der Waals surface area contributed by atoms with E-state index < -0.39 is 5.60 Å². The van der Waals surface area contributed by atoms with Crippen LogP contribution in [0.5, 0.6) is 5.75 Å². The molecule has 0 aliphatic carbocycles. The number of benzene rings is 1. The average Bonchev–Trinajstić information content (AvgIpc) is 2.65. The van der Waals surface area contributed by atoms with Crippen LogP contribution in [0.2, 0.25) is 0 Å². The van der Waals surface area contributed by atoms with Crippen LogP contribution < -0.4 is 4.74 Å². The summed E-state index contributed by atoms with van der Waals surface area (Å²) < 4.78 is 11.3. The van der Waals surface area contributed by atoms with E-state index in [4.69, 9.17) is 9.47 Å². The normalized spacial score (nSPS) is 27.9. The van der Waals surface area contributed by atoms with Crippen LogP contribution in [-0.4, -0.2) is 24.6 Å². The Morgan fingerprint density at radius 3 is 3.00 bits per heavy atom. The van der Waals surface area contributed by atoms with Gasteiger partial charge in [0.25, 0.3) is 0 Å². The Morgan fingerprint density at radius 2 is 2.25 bits per heavy atom. The Hall–Kier alpha value is -1.35. The van der Waals surface area contributed by atoms with E-state index in [1.807, 2.05) is 25.1 Å². The van der Waals surface area contributed by atoms with Crippen molar-refractivity contribution in [3.63, 3.8) is 0 Å². The molecule has 3 nitrogen and oxygen atoms in total. The van der Waals surface area contributed by atoms with Gasteiger partial charge in [-0.15, -0.1) is 0 Å². The predicted molar refractivity (Wildman–Crippen MR) is 58.9 cm³/mol. The Bertz CT molecular complexity index is 444. The molecule has 0 radical (unpaired) electrons. The minimum Gasteiger partial charge on any atom is -0.484 e. The number of hydrogen-bond acceptors (Lipinski definition) is 3. The highest BCUT2D eigenvalue weighted by Crippen LogP contribution is 2.38. The number of fused-ring (bicyclic) bond motifs is 1. The molecule has 16 heavy (non-hydrogen) atoms. The third-order valence-electron chi connectivity index (χ3n) is 3.31. The van der Waals surface area contributed by atoms with Gasteiger partial charge in [-0.05, 0) is 24.6 Å². The summed E-state index contributed by atoms with van der Waals surface area (Å²) in [6.45, 7) is 3.22. The molecule has 1 saturated heterocycles. The maximum atomic E-state index is 12.0. The number of ether oxygens (including phenoxy) is 2. The highest BCUT2D eigenvalue weighted by atomic mass is 16.6. The summed E-state index contributed by atoms with van der Waals surface area (Å²) in [6, 6.07) is 5.74. The SMILES string of the molecule is Cc1ccc2c(c1)OC1(CCOC1)CC2=O. The van der Waals surface area contributed by atoms with Gasteiger partial charge in [-0.25, -0.2) is 0 Å². The first-order valence-electron chi connectivity index (χ1n) is 5.59. The fourth-order valence-electron chi connectivity index (χ4n) is 2.41. The maximum Gasteiger partial charge on any atom is 0.170 e. The quantitative estimate of drug-likeness (QED) is 0.669. The molecule has 0 amide bonds. The lowest BCUT2D eigenvalue weighted by Crippen LogP contribution is -2.42. The molecule has 84 valence electrons. The average molecular weight is 218 g/mol. The third kappa shape index (κ3) is 1.43. The summed E-state index contributed by atoms with van der Waals surface area (Å²) in [6.07, 6.45) is 1.26. The second-order valence-electron chi connectivity index (χ2n) is 4.69. The van der Waals surface area contributed by atoms with E-state index >= 15 is 0 Å². The van der Waals surface area contributed by atoms with Crippen molar-refractivity contribution in [1.29, 1.82) is 0 Å². The van der Waals surface area contributed by atoms with Crippen molar-refractivity contribution in [2.45, 2.75) is 25.4 Å². The number of aryl methyl sites for hydroxylation is 1. The standard InChI is InChI=1S/C13H14O3/c1-9-2-3-10-11(14)7-13(4-5-15-8-13)16-12(10)6-9/h2-3,6H,4-5,7-8H2,1H3. The molecular weight excluding hydrogens is 204 g/mol. The molecule has 3 rings (SSSR count). The number of carbonyl (C=O) groups excluding carboxylic acids is 1. The van der Waals surface area contributed by atoms with Crippen molar-refractivity contribution in [2.75, 3.05) is 13.2 Å². The first-order valence-corrected chi connectivity index (χ1v) is 5.59. The minimum absolute atomic E-state index is 0.173. The smallest absolute Gasteiger partial charge is 0.170 e. The Labute approximate surface area is 94.4 Å². The van der Waals surface area contributed by atoms with Crippen LogP contribution >= 0.6 is 0 Å². The van der Waals surface area contributed by atoms with Crippen molar-refractivity contribution in [3.05, 3.63) is 29.3 Å². The molecule has 0 bridgehead atoms. The van der Waals surface area contributed by atoms with Crippen molar-refractivity contribution >= 4 is 5.78 Å². The fraction of sp³-hybridized carbons (Fsp3) is 0.462. The zero-order valence-corrected chi connectivity index (χ0v) is 9.29. The van der Waals surface area contributed by atoms with E-state index in [2.05, 4.69) is 0 Å². The number of hydrogen-bond donors (Lipinski definition) is 0. The summed E-state index contributed by atoms with van der Waals surface area (Å²) in [4.78, 5) is 12.0. The molecule has 1 aromatic rings. The van der Waals surface area contributed by atoms with Crippen LogP contribution in [0.1, 0.15) is 28.8 Å². The van der Waals surface area contributed by atoms with Gasteiger partial charge in [-0.3, -0.25) is 4.79 Å². The molecular formula is C13H14O3. The van der Waals surface area contributed by atoms with Crippen LogP contribution in [0.25, 0.3) is 0 Å². The van der Waals surface area contributed by atoms with Gasteiger partial charge in [0, 0.05) is 6.42 Å². The lowest BCUT2D eigenvalue weighted by atomic mass is 9.89. The second kappa shape index (κ2) is 3.32. The largest absolute Gasteiger partial charge is 0.484 e. The molecule has 1 fully saturated rings. The van der Waals surface area contributed by atoms with Crippen LogP contribution in [0.3, 0.4) is 0 Å². The Balaban J connectivity index is 2.03. The number of rotatable bonds is 0. The second-order valence-corrected chi connectivity index (χ2v) is 4.69. The molecule has 0 N–H and O–H groups in total. The van der Waals surface area contributed by atoms with Crippen molar-refractivity contribution in [2.24, 2.45) is 0 Å². The highest BCUT2D eigenvalue weighted by molar-refractivity contribution is 6.00. The van der Waals surface area contributed by atoms with Gasteiger partial charge in [0.05, 0.1) is 25.2 Å². The zero-order chi connectivity index (χ0) is 11.2. The van der Waals surface area contributed by atoms with Crippen LogP contribution in [0.15, 0.2) is 18.2 Å². The molecule has 2 heterocycles. The third-order valence-corrected chi connectivity index (χ3v) is 3.31. The first-order chi connectivity index (χ1) is 7.69. The lowest BCUT2D eigenvalue weighted by molar-refractivity contribution is 0.0305. The minimum atomic E-state index is -0.391. The van der Waals surface area contributed by atoms with E-state index in [0.29, 0.717) is 25.2 Å². The van der Waals surface area contributed by atoms with Crippen molar-refractivity contribution < 1.29 is 14.3 Å². The molecule has 1 aromatic carbocycles. The summed E-state index contributed by atoms with van der Waals surface area (Å²) in [5, 5.41) is 0. The van der Waals surface area contributed by atoms with Gasteiger partial charge in [-0.1, -0.05) is 6.07 Å². The van der Waals surface area contributed by atoms with E-state index in [1.165, 1.54) is 0 Å². The van der Waals surface area contributed by atoms with E-state index in [1.54, 1.807) is 0 Å². The van der Waals surface area contributed by atoms with Crippen LogP contribution in [0, 0.1) is 6.92 Å². The molecule has 3 heteroatoms. The maximum absolute atomic E-state index is 12.0. The number of ketones is 1. The monoisotopic (exact) mass is 218 g/mol. The molecule has 1 atom stereocenters. The molecule has 0 saturated carbocycles. The van der Waals surface area contributed by atoms with Gasteiger partial charge in [0.1, 0.15) is 11.4 Å². The van der Waals surface area contributed by atoms with Gasteiger partial charge in [0.2, 0.25) is 0 Å². The molecule has 1 spiro atoms. The van der Waals surface area contributed by atoms with Crippen molar-refractivity contribution in [1.82, 2.24) is 0 Å². The Morgan fingerprint density at radius 1 is 1.38 bits per heavy atom. The topological polar surface area (TPSA) is 35.5 Å². The molecule has 2 aliphatic heterocycles. The molecule has 1 unspecified atom stereocenters.